The summed E-state index contributed by atoms with van der Waals surface area (Å²) in [6.07, 6.45) is 1.12. The van der Waals surface area contributed by atoms with Crippen molar-refractivity contribution in [3.63, 3.8) is 0 Å². The van der Waals surface area contributed by atoms with Gasteiger partial charge in [-0.3, -0.25) is 4.79 Å². The Bertz CT molecular complexity index is 1860. The molecule has 1 fully saturated rings. The number of anilines is 1. The van der Waals surface area contributed by atoms with Crippen LogP contribution in [0.25, 0.3) is 22.2 Å². The number of hydrogen-bond donors (Lipinski definition) is 2. The maximum absolute atomic E-state index is 13.0. The maximum Gasteiger partial charge on any atom is 0.573 e. The number of carbonyl (C=O) groups excluding carboxylic acids is 2. The third-order valence-corrected chi connectivity index (χ3v) is 8.39. The van der Waals surface area contributed by atoms with Crippen molar-refractivity contribution in [2.75, 3.05) is 31.6 Å². The molecule has 12 nitrogen and oxygen atoms in total. The van der Waals surface area contributed by atoms with E-state index in [2.05, 4.69) is 30.4 Å². The van der Waals surface area contributed by atoms with Gasteiger partial charge in [-0.15, -0.1) is 13.2 Å². The Morgan fingerprint density at radius 1 is 1.10 bits per heavy atom. The molecule has 0 radical (unpaired) electrons. The van der Waals surface area contributed by atoms with Crippen LogP contribution in [0.4, 0.5) is 23.7 Å². The summed E-state index contributed by atoms with van der Waals surface area (Å²) < 4.78 is 55.4. The van der Waals surface area contributed by atoms with Crippen molar-refractivity contribution in [1.29, 1.82) is 0 Å². The minimum absolute atomic E-state index is 0.00997. The first kappa shape index (κ1) is 38.9. The summed E-state index contributed by atoms with van der Waals surface area (Å²) in [7, 11) is 0. The lowest BCUT2D eigenvalue weighted by atomic mass is 10.1. The Morgan fingerprint density at radius 3 is 2.60 bits per heavy atom. The third kappa shape index (κ3) is 11.1. The summed E-state index contributed by atoms with van der Waals surface area (Å²) in [5.41, 5.74) is 2.81. The van der Waals surface area contributed by atoms with Crippen molar-refractivity contribution in [2.24, 2.45) is 0 Å². The van der Waals surface area contributed by atoms with E-state index in [1.165, 1.54) is 17.0 Å². The molecule has 1 aliphatic rings. The van der Waals surface area contributed by atoms with E-state index >= 15 is 0 Å². The van der Waals surface area contributed by atoms with Gasteiger partial charge in [-0.25, -0.2) is 19.4 Å². The van der Waals surface area contributed by atoms with Crippen LogP contribution in [0.15, 0.2) is 48.8 Å². The maximum atomic E-state index is 13.0. The van der Waals surface area contributed by atoms with E-state index in [1.807, 2.05) is 23.0 Å². The van der Waals surface area contributed by atoms with E-state index in [0.717, 1.165) is 47.5 Å². The number of amides is 2. The van der Waals surface area contributed by atoms with Crippen molar-refractivity contribution in [3.05, 3.63) is 64.7 Å². The Hall–Kier alpha value is -4.34. The number of hydrogen-bond acceptors (Lipinski definition) is 9. The van der Waals surface area contributed by atoms with Crippen LogP contribution in [0.3, 0.4) is 0 Å². The minimum atomic E-state index is -4.91. The summed E-state index contributed by atoms with van der Waals surface area (Å²) in [6, 6.07) is 9.47. The monoisotopic (exact) mass is 765 g/mol. The van der Waals surface area contributed by atoms with Gasteiger partial charge in [-0.2, -0.15) is 5.10 Å². The third-order valence-electron chi connectivity index (χ3n) is 7.91. The van der Waals surface area contributed by atoms with E-state index in [9.17, 15) is 22.8 Å². The fourth-order valence-electron chi connectivity index (χ4n) is 5.58. The number of aromatic nitrogens is 4. The van der Waals surface area contributed by atoms with Gasteiger partial charge in [-0.1, -0.05) is 17.7 Å². The van der Waals surface area contributed by atoms with E-state index < -0.39 is 23.8 Å². The molecular weight excluding hydrogens is 726 g/mol. The standard InChI is InChI=1S/C35H40Cl2F3N7O5/c1-34(2,3)52-33(49)46(21-22-8-9-29(25(36)17-22)51-35(38,39)40)15-11-30(48)42-13-6-12-41-27-18-23(26-10-14-43-32(37)45-26)19-28-24(27)20-44-47(28)31-7-4-5-16-50-31/h8-10,14,17-20,31,41H,4-7,11-13,15-16,21H2,1-3H3,(H,42,48). The van der Waals surface area contributed by atoms with Gasteiger partial charge in [0, 0.05) is 62.0 Å². The van der Waals surface area contributed by atoms with Gasteiger partial charge >= 0.3 is 12.5 Å². The molecule has 0 saturated carbocycles. The highest BCUT2D eigenvalue weighted by molar-refractivity contribution is 6.32. The van der Waals surface area contributed by atoms with E-state index in [0.29, 0.717) is 37.4 Å². The Morgan fingerprint density at radius 2 is 1.90 bits per heavy atom. The molecule has 1 unspecified atom stereocenters. The largest absolute Gasteiger partial charge is 0.573 e. The Balaban J connectivity index is 1.18. The lowest BCUT2D eigenvalue weighted by molar-refractivity contribution is -0.274. The molecule has 0 bridgehead atoms. The zero-order chi connectivity index (χ0) is 37.5. The molecule has 2 aromatic carbocycles. The lowest BCUT2D eigenvalue weighted by Crippen LogP contribution is -2.39. The van der Waals surface area contributed by atoms with Gasteiger partial charge in [0.2, 0.25) is 11.2 Å². The van der Waals surface area contributed by atoms with Crippen molar-refractivity contribution < 1.29 is 37.0 Å². The van der Waals surface area contributed by atoms with Crippen LogP contribution in [-0.2, 0) is 20.8 Å². The van der Waals surface area contributed by atoms with Gasteiger partial charge in [0.05, 0.1) is 22.4 Å². The van der Waals surface area contributed by atoms with Gasteiger partial charge < -0.3 is 29.7 Å². The number of halogens is 5. The van der Waals surface area contributed by atoms with Gasteiger partial charge in [-0.05, 0) is 94.0 Å². The number of nitrogens with one attached hydrogen (secondary N) is 2. The van der Waals surface area contributed by atoms with E-state index in [-0.39, 0.29) is 42.0 Å². The number of rotatable bonds is 13. The predicted octanol–water partition coefficient (Wildman–Crippen LogP) is 8.14. The first-order valence-electron chi connectivity index (χ1n) is 16.8. The number of alkyl halides is 3. The van der Waals surface area contributed by atoms with Crippen LogP contribution < -0.4 is 15.4 Å². The van der Waals surface area contributed by atoms with E-state index in [4.69, 9.17) is 32.7 Å². The summed E-state index contributed by atoms with van der Waals surface area (Å²) in [4.78, 5) is 35.5. The molecule has 1 saturated heterocycles. The molecule has 0 aliphatic carbocycles. The lowest BCUT2D eigenvalue weighted by Gasteiger charge is -2.27. The first-order chi connectivity index (χ1) is 24.6. The second-order valence-electron chi connectivity index (χ2n) is 13.2. The van der Waals surface area contributed by atoms with Crippen LogP contribution in [-0.4, -0.2) is 74.9 Å². The van der Waals surface area contributed by atoms with Crippen molar-refractivity contribution in [1.82, 2.24) is 30.0 Å². The zero-order valence-corrected chi connectivity index (χ0v) is 30.4. The van der Waals surface area contributed by atoms with Crippen LogP contribution >= 0.6 is 23.2 Å². The summed E-state index contributed by atoms with van der Waals surface area (Å²) in [6.45, 7) is 6.59. The molecule has 1 aliphatic heterocycles. The molecule has 1 atom stereocenters. The van der Waals surface area contributed by atoms with Gasteiger partial charge in [0.15, 0.2) is 6.23 Å². The molecular formula is C35H40Cl2F3N7O5. The zero-order valence-electron chi connectivity index (χ0n) is 28.9. The van der Waals surface area contributed by atoms with Crippen molar-refractivity contribution >= 4 is 51.8 Å². The molecule has 4 aromatic rings. The van der Waals surface area contributed by atoms with E-state index in [1.54, 1.807) is 33.0 Å². The first-order valence-corrected chi connectivity index (χ1v) is 17.6. The summed E-state index contributed by atoms with van der Waals surface area (Å²) >= 11 is 12.1. The number of carbonyl (C=O) groups is 2. The molecule has 5 rings (SSSR count). The minimum Gasteiger partial charge on any atom is -0.444 e. The molecule has 2 N–H and O–H groups in total. The van der Waals surface area contributed by atoms with Crippen LogP contribution in [0.2, 0.25) is 10.3 Å². The van der Waals surface area contributed by atoms with Gasteiger partial charge in [0.1, 0.15) is 11.4 Å². The van der Waals surface area contributed by atoms with Crippen LogP contribution in [0, 0.1) is 0 Å². The Kier molecular flexibility index (Phi) is 12.7. The van der Waals surface area contributed by atoms with Crippen molar-refractivity contribution in [2.45, 2.75) is 77.6 Å². The normalized spacial score (nSPS) is 15.0. The fourth-order valence-corrected chi connectivity index (χ4v) is 5.97. The second kappa shape index (κ2) is 17.0. The summed E-state index contributed by atoms with van der Waals surface area (Å²) in [5.74, 6) is -0.855. The summed E-state index contributed by atoms with van der Waals surface area (Å²) in [5, 5.41) is 11.8. The smallest absolute Gasteiger partial charge is 0.444 e. The molecule has 3 heterocycles. The highest BCUT2D eigenvalue weighted by Crippen LogP contribution is 2.34. The SMILES string of the molecule is CC(C)(C)OC(=O)N(CCC(=O)NCCCNc1cc(-c2ccnc(Cl)n2)cc2c1cnn2C1CCCCO1)Cc1ccc(OC(F)(F)F)c(Cl)c1. The predicted molar refractivity (Wildman–Crippen MR) is 190 cm³/mol. The number of benzene rings is 2. The highest BCUT2D eigenvalue weighted by atomic mass is 35.5. The molecule has 0 spiro atoms. The molecule has 17 heteroatoms. The molecule has 52 heavy (non-hydrogen) atoms. The number of ether oxygens (including phenoxy) is 3. The topological polar surface area (TPSA) is 133 Å². The number of nitrogens with zero attached hydrogens (tertiary/aromatic N) is 5. The second-order valence-corrected chi connectivity index (χ2v) is 13.9. The molecule has 2 aromatic heterocycles. The van der Waals surface area contributed by atoms with Gasteiger partial charge in [0.25, 0.3) is 0 Å². The average molecular weight is 767 g/mol. The molecule has 2 amide bonds. The Labute approximate surface area is 308 Å². The van der Waals surface area contributed by atoms with Crippen LogP contribution in [0.1, 0.15) is 64.7 Å². The molecule has 280 valence electrons. The fraction of sp³-hybridized carbons (Fsp3) is 0.457. The van der Waals surface area contributed by atoms with Crippen LogP contribution in [0.5, 0.6) is 5.75 Å². The average Bonchev–Trinajstić information content (AvgIpc) is 3.51. The highest BCUT2D eigenvalue weighted by Gasteiger charge is 2.32. The quantitative estimate of drug-likeness (QED) is 0.102. The van der Waals surface area contributed by atoms with Crippen molar-refractivity contribution in [3.8, 4) is 17.0 Å². The number of fused-ring (bicyclic) bond motifs is 1.